The van der Waals surface area contributed by atoms with Crippen LogP contribution in [0.1, 0.15) is 73.1 Å². The van der Waals surface area contributed by atoms with Crippen LogP contribution < -0.4 is 20.5 Å². The highest BCUT2D eigenvalue weighted by atomic mass is 31.2. The number of hydrogen-bond acceptors (Lipinski definition) is 16. The van der Waals surface area contributed by atoms with Crippen molar-refractivity contribution in [3.05, 3.63) is 157 Å². The van der Waals surface area contributed by atoms with Crippen LogP contribution in [-0.4, -0.2) is 112 Å². The molecule has 19 nitrogen and oxygen atoms in total. The topological polar surface area (TPSA) is 216 Å². The molecule has 7 atom stereocenters. The largest absolute Gasteiger partial charge is 0.497 e. The lowest BCUT2D eigenvalue weighted by molar-refractivity contribution is -0.0908. The zero-order chi connectivity index (χ0) is 53.2. The third-order valence-electron chi connectivity index (χ3n) is 14.6. The number of carbonyl (C=O) groups is 1. The molecule has 2 saturated heterocycles. The summed E-state index contributed by atoms with van der Waals surface area (Å²) in [5.74, 6) is 1.69. The summed E-state index contributed by atoms with van der Waals surface area (Å²) in [6, 6.07) is 34.9. The van der Waals surface area contributed by atoms with Gasteiger partial charge in [-0.3, -0.25) is 13.9 Å². The molecule has 21 heteroatoms. The van der Waals surface area contributed by atoms with Gasteiger partial charge < -0.3 is 48.2 Å². The second-order valence-corrected chi connectivity index (χ2v) is 26.4. The quantitative estimate of drug-likeness (QED) is 0.0438. The normalized spacial score (nSPS) is 20.5. The number of aromatic nitrogens is 8. The van der Waals surface area contributed by atoms with Crippen molar-refractivity contribution in [2.75, 3.05) is 45.1 Å². The first-order valence-electron chi connectivity index (χ1n) is 25.1. The number of ether oxygens (including phenoxy) is 5. The molecule has 4 aromatic carbocycles. The van der Waals surface area contributed by atoms with E-state index in [2.05, 4.69) is 81.2 Å². The third-order valence-corrected chi connectivity index (χ3v) is 20.2. The molecule has 0 bridgehead atoms. The number of amides is 1. The molecule has 1 unspecified atom stereocenters. The van der Waals surface area contributed by atoms with E-state index in [0.29, 0.717) is 58.0 Å². The van der Waals surface area contributed by atoms with Gasteiger partial charge in [-0.1, -0.05) is 93.6 Å². The van der Waals surface area contributed by atoms with E-state index in [1.54, 1.807) is 39.0 Å². The molecule has 396 valence electrons. The highest BCUT2D eigenvalue weighted by molar-refractivity contribution is 7.46. The van der Waals surface area contributed by atoms with E-state index < -0.39 is 53.1 Å². The predicted molar refractivity (Wildman–Crippen MR) is 291 cm³/mol. The summed E-state index contributed by atoms with van der Waals surface area (Å²) in [6.45, 7) is 13.3. The monoisotopic (exact) mass is 1070 g/mol. The average molecular weight is 1070 g/mol. The number of nitrogen functional groups attached to an aromatic ring is 1. The van der Waals surface area contributed by atoms with Crippen molar-refractivity contribution in [1.82, 2.24) is 39.0 Å². The lowest BCUT2D eigenvalue weighted by Crippen LogP contribution is -2.46. The number of rotatable bonds is 19. The maximum Gasteiger partial charge on any atom is 0.256 e. The fourth-order valence-corrected chi connectivity index (χ4v) is 11.9. The molecule has 2 aliphatic rings. The summed E-state index contributed by atoms with van der Waals surface area (Å²) in [5.41, 5.74) is 10.2. The lowest BCUT2D eigenvalue weighted by atomic mass is 9.80. The van der Waals surface area contributed by atoms with Crippen LogP contribution in [0.4, 0.5) is 11.6 Å². The second kappa shape index (κ2) is 22.1. The Morgan fingerprint density at radius 3 is 1.82 bits per heavy atom. The van der Waals surface area contributed by atoms with E-state index in [1.807, 2.05) is 101 Å². The Balaban J connectivity index is 0.923. The van der Waals surface area contributed by atoms with E-state index in [1.165, 1.54) is 12.7 Å². The lowest BCUT2D eigenvalue weighted by Gasteiger charge is -2.39. The van der Waals surface area contributed by atoms with Crippen LogP contribution in [0, 0.1) is 0 Å². The van der Waals surface area contributed by atoms with Gasteiger partial charge in [0, 0.05) is 25.1 Å². The van der Waals surface area contributed by atoms with Crippen LogP contribution in [0.25, 0.3) is 22.3 Å². The molecule has 0 aliphatic carbocycles. The SMILES string of the molecule is COc1ccc(C(OC[C@H]2O[C@@H](n3cnc4c(N)ncnc43)C[C@@H]2OP(C)OC[C@H]2O[C@@H](n3cnc4c(NC(=O)c5ccccc5)ncnc43)C[C@@H]2O[Si](C)(C)C(C)(C)C)(c2ccccc2)c2ccc(OC)cc2)cc1. The molecule has 0 spiro atoms. The molecule has 3 N–H and O–H groups in total. The predicted octanol–water partition coefficient (Wildman–Crippen LogP) is 9.84. The van der Waals surface area contributed by atoms with Gasteiger partial charge >= 0.3 is 0 Å². The van der Waals surface area contributed by atoms with E-state index in [4.69, 9.17) is 42.9 Å². The van der Waals surface area contributed by atoms with Crippen LogP contribution in [0.3, 0.4) is 0 Å². The van der Waals surface area contributed by atoms with Gasteiger partial charge in [0.15, 0.2) is 45.1 Å². The van der Waals surface area contributed by atoms with Crippen molar-refractivity contribution in [1.29, 1.82) is 0 Å². The van der Waals surface area contributed by atoms with E-state index in [0.717, 1.165) is 16.7 Å². The zero-order valence-electron chi connectivity index (χ0n) is 43.8. The second-order valence-electron chi connectivity index (χ2n) is 20.3. The number of nitrogens with zero attached hydrogens (tertiary/aromatic N) is 8. The number of anilines is 2. The van der Waals surface area contributed by atoms with Crippen LogP contribution >= 0.6 is 8.38 Å². The van der Waals surface area contributed by atoms with Gasteiger partial charge in [-0.25, -0.2) is 29.9 Å². The fraction of sp³-hybridized carbons (Fsp3) is 0.364. The maximum absolute atomic E-state index is 13.2. The van der Waals surface area contributed by atoms with Gasteiger partial charge in [0.1, 0.15) is 59.9 Å². The number of hydrogen-bond donors (Lipinski definition) is 2. The van der Waals surface area contributed by atoms with Crippen molar-refractivity contribution < 1.29 is 42.0 Å². The van der Waals surface area contributed by atoms with Gasteiger partial charge in [0.25, 0.3) is 5.91 Å². The molecule has 2 aliphatic heterocycles. The number of methoxy groups -OCH3 is 2. The summed E-state index contributed by atoms with van der Waals surface area (Å²) in [7, 11) is -0.598. The maximum atomic E-state index is 13.2. The number of nitrogens with one attached hydrogen (secondary N) is 1. The number of nitrogens with two attached hydrogens (primary N) is 1. The number of fused-ring (bicyclic) bond motifs is 2. The van der Waals surface area contributed by atoms with Crippen molar-refractivity contribution in [3.8, 4) is 11.5 Å². The fourth-order valence-electron chi connectivity index (χ4n) is 9.52. The Morgan fingerprint density at radius 2 is 1.22 bits per heavy atom. The Labute approximate surface area is 443 Å². The Morgan fingerprint density at radius 1 is 0.697 bits per heavy atom. The van der Waals surface area contributed by atoms with Gasteiger partial charge in [0.05, 0.1) is 52.3 Å². The molecule has 6 heterocycles. The van der Waals surface area contributed by atoms with E-state index in [9.17, 15) is 4.79 Å². The molecule has 1 amide bonds. The van der Waals surface area contributed by atoms with Crippen molar-refractivity contribution in [2.24, 2.45) is 0 Å². The van der Waals surface area contributed by atoms with Crippen LogP contribution in [0.5, 0.6) is 11.5 Å². The third kappa shape index (κ3) is 10.7. The Kier molecular flexibility index (Phi) is 15.3. The smallest absolute Gasteiger partial charge is 0.256 e. The summed E-state index contributed by atoms with van der Waals surface area (Å²) < 4.78 is 57.0. The molecule has 0 radical (unpaired) electrons. The highest BCUT2D eigenvalue weighted by Gasteiger charge is 2.47. The zero-order valence-corrected chi connectivity index (χ0v) is 45.7. The van der Waals surface area contributed by atoms with E-state index in [-0.39, 0.29) is 36.1 Å². The molecule has 8 aromatic rings. The van der Waals surface area contributed by atoms with Gasteiger partial charge in [-0.15, -0.1) is 0 Å². The summed E-state index contributed by atoms with van der Waals surface area (Å²) in [5, 5.41) is 2.83. The first-order chi connectivity index (χ1) is 36.6. The first-order valence-corrected chi connectivity index (χ1v) is 29.7. The standard InChI is InChI=1S/C55H63N10O9PSi/c1-54(2,3)76(7,8)74-42-28-46(65-34-62-48-50(58-32-60-52(48)65)63-53(66)35-15-11-9-12-16-35)72-44(42)30-70-75(6)73-41-27-45(64-33-61-47-49(56)57-31-59-51(47)64)71-43(41)29-69-55(36-17-13-10-14-18-36,37-19-23-39(67-4)24-20-37)38-21-25-40(68-5)26-22-38/h9-26,31-34,41-46H,27-30H2,1-8H3,(H2,56,57,59)(H,58,60,63,66)/t41-,42-,43+,44+,45+,46+,75?/m0/s1. The van der Waals surface area contributed by atoms with Crippen molar-refractivity contribution in [2.45, 2.75) is 94.2 Å². The highest BCUT2D eigenvalue weighted by Crippen LogP contribution is 2.48. The summed E-state index contributed by atoms with van der Waals surface area (Å²) in [4.78, 5) is 40.1. The van der Waals surface area contributed by atoms with Crippen molar-refractivity contribution in [3.63, 3.8) is 0 Å². The minimum absolute atomic E-state index is 0.0783. The van der Waals surface area contributed by atoms with E-state index >= 15 is 0 Å². The summed E-state index contributed by atoms with van der Waals surface area (Å²) >= 11 is 0. The van der Waals surface area contributed by atoms with Gasteiger partial charge in [-0.05, 0) is 71.2 Å². The summed E-state index contributed by atoms with van der Waals surface area (Å²) in [6.07, 6.45) is 4.04. The number of carbonyl (C=O) groups excluding carboxylic acids is 1. The molecule has 10 rings (SSSR count). The van der Waals surface area contributed by atoms with Crippen LogP contribution in [0.15, 0.2) is 135 Å². The number of benzene rings is 4. The van der Waals surface area contributed by atoms with Crippen LogP contribution in [-0.2, 0) is 33.3 Å². The Hall–Kier alpha value is -6.74. The molecule has 2 fully saturated rings. The molecular formula is C55H63N10O9PSi. The molecular weight excluding hydrogens is 1000 g/mol. The molecule has 4 aromatic heterocycles. The minimum atomic E-state index is -2.33. The molecule has 76 heavy (non-hydrogen) atoms. The van der Waals surface area contributed by atoms with Gasteiger partial charge in [0.2, 0.25) is 0 Å². The van der Waals surface area contributed by atoms with Crippen LogP contribution in [0.2, 0.25) is 18.1 Å². The molecule has 0 saturated carbocycles. The average Bonchev–Trinajstić information content (AvgIpc) is 4.28. The number of imidazole rings is 2. The first kappa shape index (κ1) is 52.7. The Bertz CT molecular complexity index is 3210. The van der Waals surface area contributed by atoms with Gasteiger partial charge in [-0.2, -0.15) is 0 Å². The minimum Gasteiger partial charge on any atom is -0.497 e. The van der Waals surface area contributed by atoms with Crippen molar-refractivity contribution >= 4 is 56.6 Å².